The lowest BCUT2D eigenvalue weighted by Crippen LogP contribution is -2.55. The van der Waals surface area contributed by atoms with Crippen LogP contribution in [0.5, 0.6) is 0 Å². The number of benzene rings is 1. The second-order valence-electron chi connectivity index (χ2n) is 7.32. The Labute approximate surface area is 151 Å². The van der Waals surface area contributed by atoms with Gasteiger partial charge in [0.15, 0.2) is 0 Å². The Balaban J connectivity index is 1.45. The highest BCUT2D eigenvalue weighted by atomic mass is 16.3. The summed E-state index contributed by atoms with van der Waals surface area (Å²) < 4.78 is 0. The summed E-state index contributed by atoms with van der Waals surface area (Å²) in [5.74, 6) is 0.289. The van der Waals surface area contributed by atoms with Crippen LogP contribution >= 0.6 is 0 Å². The first-order valence-corrected chi connectivity index (χ1v) is 9.63. The lowest BCUT2D eigenvalue weighted by molar-refractivity contribution is -0.138. The van der Waals surface area contributed by atoms with E-state index in [1.54, 1.807) is 0 Å². The largest absolute Gasteiger partial charge is 0.387 e. The average molecular weight is 345 g/mol. The molecule has 2 unspecified atom stereocenters. The summed E-state index contributed by atoms with van der Waals surface area (Å²) >= 11 is 0. The van der Waals surface area contributed by atoms with E-state index in [9.17, 15) is 9.90 Å². The molecule has 1 amide bonds. The molecule has 0 aliphatic carbocycles. The Morgan fingerprint density at radius 3 is 2.28 bits per heavy atom. The van der Waals surface area contributed by atoms with Crippen molar-refractivity contribution in [2.24, 2.45) is 0 Å². The van der Waals surface area contributed by atoms with E-state index in [1.807, 2.05) is 42.2 Å². The molecule has 0 spiro atoms. The molecule has 1 N–H and O–H groups in total. The van der Waals surface area contributed by atoms with Crippen molar-refractivity contribution < 1.29 is 9.90 Å². The Morgan fingerprint density at radius 1 is 1.00 bits per heavy atom. The number of carbonyl (C=O) groups is 1. The monoisotopic (exact) mass is 345 g/mol. The molecule has 5 nitrogen and oxygen atoms in total. The van der Waals surface area contributed by atoms with Crippen LogP contribution in [-0.4, -0.2) is 77.6 Å². The molecule has 2 saturated heterocycles. The van der Waals surface area contributed by atoms with Crippen LogP contribution in [0.4, 0.5) is 0 Å². The second kappa shape index (κ2) is 8.79. The maximum absolute atomic E-state index is 12.7. The lowest BCUT2D eigenvalue weighted by Gasteiger charge is -2.40. The van der Waals surface area contributed by atoms with Crippen LogP contribution < -0.4 is 0 Å². The smallest absolute Gasteiger partial charge is 0.239 e. The number of nitrogens with zero attached hydrogens (tertiary/aromatic N) is 3. The van der Waals surface area contributed by atoms with Gasteiger partial charge in [-0.15, -0.1) is 0 Å². The fraction of sp³-hybridized carbons (Fsp3) is 0.650. The standard InChI is InChI=1S/C20H31N3O2/c1-17(20(25)23-10-6-3-7-11-23)22-14-12-21(13-15-22)16-19(24)18-8-4-2-5-9-18/h2,4-5,8-9,17,19,24H,3,6-7,10-16H2,1H3. The highest BCUT2D eigenvalue weighted by Crippen LogP contribution is 2.17. The third-order valence-electron chi connectivity index (χ3n) is 5.60. The van der Waals surface area contributed by atoms with E-state index >= 15 is 0 Å². The molecule has 0 radical (unpaired) electrons. The zero-order valence-electron chi connectivity index (χ0n) is 15.3. The number of likely N-dealkylation sites (tertiary alicyclic amines) is 1. The van der Waals surface area contributed by atoms with Crippen molar-refractivity contribution in [1.82, 2.24) is 14.7 Å². The number of piperazine rings is 1. The number of carbonyl (C=O) groups excluding carboxylic acids is 1. The molecule has 0 saturated carbocycles. The normalized spacial score (nSPS) is 22.6. The number of aliphatic hydroxyl groups excluding tert-OH is 1. The number of amides is 1. The first-order valence-electron chi connectivity index (χ1n) is 9.63. The van der Waals surface area contributed by atoms with Crippen molar-refractivity contribution in [3.63, 3.8) is 0 Å². The van der Waals surface area contributed by atoms with Crippen LogP contribution in [0.15, 0.2) is 30.3 Å². The molecule has 0 bridgehead atoms. The predicted molar refractivity (Wildman–Crippen MR) is 99.3 cm³/mol. The minimum Gasteiger partial charge on any atom is -0.387 e. The summed E-state index contributed by atoms with van der Waals surface area (Å²) in [7, 11) is 0. The maximum atomic E-state index is 12.7. The number of hydrogen-bond acceptors (Lipinski definition) is 4. The Morgan fingerprint density at radius 2 is 1.64 bits per heavy atom. The van der Waals surface area contributed by atoms with Crippen molar-refractivity contribution in [2.45, 2.75) is 38.3 Å². The number of piperidine rings is 1. The van der Waals surface area contributed by atoms with Gasteiger partial charge in [0.05, 0.1) is 12.1 Å². The predicted octanol–water partition coefficient (Wildman–Crippen LogP) is 1.74. The van der Waals surface area contributed by atoms with Gasteiger partial charge in [-0.2, -0.15) is 0 Å². The molecule has 2 fully saturated rings. The molecule has 2 heterocycles. The van der Waals surface area contributed by atoms with Gasteiger partial charge in [0.25, 0.3) is 0 Å². The van der Waals surface area contributed by atoms with E-state index in [0.29, 0.717) is 6.54 Å². The summed E-state index contributed by atoms with van der Waals surface area (Å²) in [6, 6.07) is 9.81. The van der Waals surface area contributed by atoms with E-state index in [4.69, 9.17) is 0 Å². The van der Waals surface area contributed by atoms with Crippen molar-refractivity contribution in [1.29, 1.82) is 0 Å². The molecule has 25 heavy (non-hydrogen) atoms. The van der Waals surface area contributed by atoms with Gasteiger partial charge in [-0.25, -0.2) is 0 Å². The van der Waals surface area contributed by atoms with Gasteiger partial charge in [0.2, 0.25) is 5.91 Å². The third-order valence-corrected chi connectivity index (χ3v) is 5.60. The maximum Gasteiger partial charge on any atom is 0.239 e. The number of rotatable bonds is 5. The number of aliphatic hydroxyl groups is 1. The van der Waals surface area contributed by atoms with Crippen molar-refractivity contribution in [3.8, 4) is 0 Å². The first kappa shape index (κ1) is 18.4. The molecule has 1 aromatic rings. The number of hydrogen-bond donors (Lipinski definition) is 1. The molecule has 0 aromatic heterocycles. The summed E-state index contributed by atoms with van der Waals surface area (Å²) in [6.07, 6.45) is 3.09. The summed E-state index contributed by atoms with van der Waals surface area (Å²) in [5, 5.41) is 10.4. The van der Waals surface area contributed by atoms with Gasteiger partial charge in [0, 0.05) is 45.8 Å². The quantitative estimate of drug-likeness (QED) is 0.883. The van der Waals surface area contributed by atoms with Gasteiger partial charge in [-0.3, -0.25) is 14.6 Å². The van der Waals surface area contributed by atoms with Gasteiger partial charge in [-0.1, -0.05) is 30.3 Å². The van der Waals surface area contributed by atoms with Gasteiger partial charge in [-0.05, 0) is 31.7 Å². The SMILES string of the molecule is CC(C(=O)N1CCCCC1)N1CCN(CC(O)c2ccccc2)CC1. The second-order valence-corrected chi connectivity index (χ2v) is 7.32. The van der Waals surface area contributed by atoms with E-state index in [2.05, 4.69) is 9.80 Å². The van der Waals surface area contributed by atoms with E-state index in [1.165, 1.54) is 6.42 Å². The van der Waals surface area contributed by atoms with Gasteiger partial charge in [0.1, 0.15) is 0 Å². The minimum absolute atomic E-state index is 0.0284. The molecule has 3 rings (SSSR count). The fourth-order valence-electron chi connectivity index (χ4n) is 3.89. The summed E-state index contributed by atoms with van der Waals surface area (Å²) in [6.45, 7) is 8.14. The third kappa shape index (κ3) is 4.81. The first-order chi connectivity index (χ1) is 12.1. The van der Waals surface area contributed by atoms with Crippen LogP contribution in [0.2, 0.25) is 0 Å². The van der Waals surface area contributed by atoms with Crippen LogP contribution in [0, 0.1) is 0 Å². The molecule has 5 heteroatoms. The topological polar surface area (TPSA) is 47.0 Å². The van der Waals surface area contributed by atoms with Gasteiger partial charge < -0.3 is 10.0 Å². The van der Waals surface area contributed by atoms with Crippen molar-refractivity contribution >= 4 is 5.91 Å². The van der Waals surface area contributed by atoms with Crippen LogP contribution in [-0.2, 0) is 4.79 Å². The Kier molecular flexibility index (Phi) is 6.45. The molecular formula is C20H31N3O2. The molecule has 2 aliphatic heterocycles. The fourth-order valence-corrected chi connectivity index (χ4v) is 3.89. The highest BCUT2D eigenvalue weighted by molar-refractivity contribution is 5.81. The Hall–Kier alpha value is -1.43. The zero-order chi connectivity index (χ0) is 17.6. The van der Waals surface area contributed by atoms with Crippen molar-refractivity contribution in [2.75, 3.05) is 45.8 Å². The molecule has 2 atom stereocenters. The highest BCUT2D eigenvalue weighted by Gasteiger charge is 2.29. The lowest BCUT2D eigenvalue weighted by atomic mass is 10.1. The average Bonchev–Trinajstić information content (AvgIpc) is 2.69. The number of β-amino-alcohol motifs (C(OH)–C–C–N with tert-alkyl or cyclic N) is 1. The molecule has 2 aliphatic rings. The molecular weight excluding hydrogens is 314 g/mol. The van der Waals surface area contributed by atoms with Crippen LogP contribution in [0.25, 0.3) is 0 Å². The molecule has 138 valence electrons. The van der Waals surface area contributed by atoms with Gasteiger partial charge >= 0.3 is 0 Å². The Bertz CT molecular complexity index is 537. The minimum atomic E-state index is -0.444. The van der Waals surface area contributed by atoms with E-state index in [0.717, 1.165) is 57.7 Å². The zero-order valence-corrected chi connectivity index (χ0v) is 15.3. The summed E-state index contributed by atoms with van der Waals surface area (Å²) in [4.78, 5) is 19.3. The van der Waals surface area contributed by atoms with Crippen LogP contribution in [0.1, 0.15) is 37.9 Å². The van der Waals surface area contributed by atoms with E-state index < -0.39 is 6.10 Å². The molecule has 1 aromatic carbocycles. The summed E-state index contributed by atoms with van der Waals surface area (Å²) in [5.41, 5.74) is 0.971. The van der Waals surface area contributed by atoms with Crippen LogP contribution in [0.3, 0.4) is 0 Å². The van der Waals surface area contributed by atoms with E-state index in [-0.39, 0.29) is 11.9 Å². The van der Waals surface area contributed by atoms with Crippen molar-refractivity contribution in [3.05, 3.63) is 35.9 Å².